The number of aryl methyl sites for hydroxylation is 1. The zero-order valence-corrected chi connectivity index (χ0v) is 17.4. The van der Waals surface area contributed by atoms with E-state index >= 15 is 0 Å². The zero-order chi connectivity index (χ0) is 21.9. The van der Waals surface area contributed by atoms with E-state index in [0.29, 0.717) is 24.6 Å². The minimum absolute atomic E-state index is 0.261. The molecule has 2 amide bonds. The number of nitrogens with zero attached hydrogens (tertiary/aromatic N) is 3. The molecule has 4 heterocycles. The second-order valence-electron chi connectivity index (χ2n) is 8.44. The molecule has 2 bridgehead atoms. The smallest absolute Gasteiger partial charge is 0.241 e. The van der Waals surface area contributed by atoms with Crippen molar-refractivity contribution in [3.8, 4) is 0 Å². The summed E-state index contributed by atoms with van der Waals surface area (Å²) in [7, 11) is 0. The largest absolute Gasteiger partial charge is 0.357 e. The van der Waals surface area contributed by atoms with Crippen molar-refractivity contribution in [3.63, 3.8) is 0 Å². The summed E-state index contributed by atoms with van der Waals surface area (Å²) < 4.78 is 17.4. The third-order valence-electron chi connectivity index (χ3n) is 6.49. The topological polar surface area (TPSA) is 89.8 Å². The second kappa shape index (κ2) is 7.16. The molecule has 6 rings (SSSR count). The van der Waals surface area contributed by atoms with E-state index in [9.17, 15) is 9.59 Å². The highest BCUT2D eigenvalue weighted by Gasteiger charge is 2.71. The lowest BCUT2D eigenvalue weighted by Crippen LogP contribution is -2.49. The molecule has 0 saturated carbocycles. The van der Waals surface area contributed by atoms with Gasteiger partial charge in [-0.15, -0.1) is 0 Å². The molecule has 2 aromatic rings. The first kappa shape index (κ1) is 19.5. The van der Waals surface area contributed by atoms with Gasteiger partial charge in [0.05, 0.1) is 48.2 Å². The molecule has 0 spiro atoms. The van der Waals surface area contributed by atoms with Crippen LogP contribution in [0.1, 0.15) is 5.56 Å². The Labute approximate surface area is 184 Å². The van der Waals surface area contributed by atoms with Gasteiger partial charge in [-0.25, -0.2) is 4.90 Å². The van der Waals surface area contributed by atoms with Crippen molar-refractivity contribution in [1.82, 2.24) is 0 Å². The molecule has 4 atom stereocenters. The van der Waals surface area contributed by atoms with Gasteiger partial charge < -0.3 is 14.2 Å². The number of carbonyl (C=O) groups excluding carboxylic acids is 2. The lowest BCUT2D eigenvalue weighted by Gasteiger charge is -2.32. The Kier molecular flexibility index (Phi) is 4.36. The molecule has 0 radical (unpaired) electrons. The first-order chi connectivity index (χ1) is 15.6. The number of fused-ring (bicyclic) bond motifs is 5. The van der Waals surface area contributed by atoms with Crippen LogP contribution in [0.4, 0.5) is 17.1 Å². The maximum absolute atomic E-state index is 13.4. The van der Waals surface area contributed by atoms with Gasteiger partial charge in [0, 0.05) is 0 Å². The summed E-state index contributed by atoms with van der Waals surface area (Å²) >= 11 is 0. The molecule has 4 aliphatic rings. The summed E-state index contributed by atoms with van der Waals surface area (Å²) in [6.45, 7) is 2.89. The van der Waals surface area contributed by atoms with Gasteiger partial charge in [-0.2, -0.15) is 10.2 Å². The minimum Gasteiger partial charge on any atom is -0.357 e. The summed E-state index contributed by atoms with van der Waals surface area (Å²) in [5.74, 6) is -1.78. The Bertz CT molecular complexity index is 1140. The third-order valence-corrected chi connectivity index (χ3v) is 6.49. The average molecular weight is 431 g/mol. The van der Waals surface area contributed by atoms with Crippen molar-refractivity contribution in [2.45, 2.75) is 24.9 Å². The van der Waals surface area contributed by atoms with E-state index in [2.05, 4.69) is 10.2 Å². The van der Waals surface area contributed by atoms with Crippen LogP contribution in [-0.2, 0) is 23.8 Å². The Morgan fingerprint density at radius 2 is 1.53 bits per heavy atom. The van der Waals surface area contributed by atoms with E-state index in [1.165, 1.54) is 4.90 Å². The fourth-order valence-electron chi connectivity index (χ4n) is 4.98. The normalized spacial score (nSPS) is 31.4. The van der Waals surface area contributed by atoms with Crippen molar-refractivity contribution in [2.24, 2.45) is 22.1 Å². The molecule has 3 fully saturated rings. The maximum Gasteiger partial charge on any atom is 0.241 e. The summed E-state index contributed by atoms with van der Waals surface area (Å²) in [5, 5.41) is 8.47. The van der Waals surface area contributed by atoms with Crippen LogP contribution in [-0.4, -0.2) is 43.0 Å². The number of hydrogen-bond acceptors (Lipinski definition) is 7. The van der Waals surface area contributed by atoms with Crippen molar-refractivity contribution in [2.75, 3.05) is 18.1 Å². The van der Waals surface area contributed by atoms with Gasteiger partial charge in [-0.3, -0.25) is 9.59 Å². The third kappa shape index (κ3) is 2.80. The molecule has 0 N–H and O–H groups in total. The van der Waals surface area contributed by atoms with E-state index in [-0.39, 0.29) is 11.8 Å². The van der Waals surface area contributed by atoms with Crippen LogP contribution in [0, 0.1) is 18.8 Å². The van der Waals surface area contributed by atoms with Crippen LogP contribution in [0.25, 0.3) is 0 Å². The van der Waals surface area contributed by atoms with Crippen molar-refractivity contribution >= 4 is 28.9 Å². The Hall–Kier alpha value is -3.20. The van der Waals surface area contributed by atoms with E-state index in [1.54, 1.807) is 24.3 Å². The fourth-order valence-corrected chi connectivity index (χ4v) is 4.98. The van der Waals surface area contributed by atoms with Crippen LogP contribution in [0.15, 0.2) is 70.9 Å². The first-order valence-corrected chi connectivity index (χ1v) is 10.6. The predicted octanol–water partition coefficient (Wildman–Crippen LogP) is 3.60. The van der Waals surface area contributed by atoms with Crippen LogP contribution in [0.3, 0.4) is 0 Å². The van der Waals surface area contributed by atoms with Crippen LogP contribution in [0.2, 0.25) is 0 Å². The van der Waals surface area contributed by atoms with Crippen molar-refractivity contribution < 1.29 is 23.8 Å². The zero-order valence-electron chi connectivity index (χ0n) is 17.4. The van der Waals surface area contributed by atoms with Crippen LogP contribution in [0.5, 0.6) is 0 Å². The number of carbonyl (C=O) groups is 2. The van der Waals surface area contributed by atoms with Crippen LogP contribution >= 0.6 is 0 Å². The quantitative estimate of drug-likeness (QED) is 0.419. The summed E-state index contributed by atoms with van der Waals surface area (Å²) in [5.41, 5.74) is 1.99. The number of imide groups is 1. The Balaban J connectivity index is 1.25. The molecule has 2 aromatic carbocycles. The number of azo groups is 1. The monoisotopic (exact) mass is 431 g/mol. The van der Waals surface area contributed by atoms with Gasteiger partial charge in [0.2, 0.25) is 11.8 Å². The lowest BCUT2D eigenvalue weighted by molar-refractivity contribution is -0.180. The molecular weight excluding hydrogens is 410 g/mol. The average Bonchev–Trinajstić information content (AvgIpc) is 3.58. The highest BCUT2D eigenvalue weighted by Crippen LogP contribution is 2.55. The van der Waals surface area contributed by atoms with Crippen molar-refractivity contribution in [3.05, 3.63) is 66.2 Å². The van der Waals surface area contributed by atoms with Gasteiger partial charge in [-0.1, -0.05) is 23.8 Å². The van der Waals surface area contributed by atoms with E-state index in [0.717, 1.165) is 11.3 Å². The number of amides is 2. The van der Waals surface area contributed by atoms with Crippen molar-refractivity contribution in [1.29, 1.82) is 0 Å². The lowest BCUT2D eigenvalue weighted by atomic mass is 9.76. The SMILES string of the molecule is Cc1ccc(N=Nc2ccc(N3C(=O)[C@H]4[C@H]5C=C[C@@](C6OCCO6)(O5)[C@H]4C3=O)cc2)cc1. The van der Waals surface area contributed by atoms with E-state index in [4.69, 9.17) is 14.2 Å². The number of hydrogen-bond donors (Lipinski definition) is 0. The standard InChI is InChI=1S/C24H21N3O5/c1-14-2-4-15(5-3-14)25-26-16-6-8-17(9-7-16)27-21(28)19-18-10-11-24(32-18,20(19)22(27)29)23-30-12-13-31-23/h2-11,18-20,23H,12-13H2,1H3/t18-,19+,20-,24-/m1/s1. The summed E-state index contributed by atoms with van der Waals surface area (Å²) in [6, 6.07) is 14.6. The number of rotatable bonds is 4. The molecule has 0 unspecified atom stereocenters. The summed E-state index contributed by atoms with van der Waals surface area (Å²) in [4.78, 5) is 27.9. The van der Waals surface area contributed by atoms with E-state index in [1.807, 2.05) is 43.3 Å². The van der Waals surface area contributed by atoms with Gasteiger partial charge in [0.25, 0.3) is 0 Å². The molecule has 0 aromatic heterocycles. The van der Waals surface area contributed by atoms with Gasteiger partial charge >= 0.3 is 0 Å². The van der Waals surface area contributed by atoms with Crippen LogP contribution < -0.4 is 4.90 Å². The molecule has 8 heteroatoms. The van der Waals surface area contributed by atoms with E-state index < -0.39 is 29.8 Å². The number of anilines is 1. The number of ether oxygens (including phenoxy) is 3. The molecular formula is C24H21N3O5. The Morgan fingerprint density at radius 1 is 0.906 bits per heavy atom. The highest BCUT2D eigenvalue weighted by molar-refractivity contribution is 6.23. The Morgan fingerprint density at radius 3 is 2.19 bits per heavy atom. The van der Waals surface area contributed by atoms with Gasteiger partial charge in [-0.05, 0) is 49.4 Å². The number of benzene rings is 2. The molecule has 32 heavy (non-hydrogen) atoms. The molecule has 0 aliphatic carbocycles. The maximum atomic E-state index is 13.4. The van der Waals surface area contributed by atoms with Gasteiger partial charge in [0.1, 0.15) is 0 Å². The first-order valence-electron chi connectivity index (χ1n) is 10.6. The molecule has 8 nitrogen and oxygen atoms in total. The molecule has 162 valence electrons. The molecule has 4 aliphatic heterocycles. The molecule has 3 saturated heterocycles. The predicted molar refractivity (Wildman–Crippen MR) is 114 cm³/mol. The van der Waals surface area contributed by atoms with Gasteiger partial charge in [0.15, 0.2) is 11.9 Å². The summed E-state index contributed by atoms with van der Waals surface area (Å²) in [6.07, 6.45) is 2.55. The minimum atomic E-state index is -1.05. The fraction of sp³-hybridized carbons (Fsp3) is 0.333. The second-order valence-corrected chi connectivity index (χ2v) is 8.44. The highest BCUT2D eigenvalue weighted by atomic mass is 16.7.